The topological polar surface area (TPSA) is 71.1 Å². The molecule has 0 spiro atoms. The summed E-state index contributed by atoms with van der Waals surface area (Å²) in [5.74, 6) is 1.12. The van der Waals surface area contributed by atoms with Gasteiger partial charge in [-0.2, -0.15) is 0 Å². The van der Waals surface area contributed by atoms with Crippen LogP contribution in [0.3, 0.4) is 0 Å². The van der Waals surface area contributed by atoms with E-state index in [1.807, 2.05) is 49.6 Å². The number of halogens is 2. The van der Waals surface area contributed by atoms with Crippen molar-refractivity contribution in [3.05, 3.63) is 74.4 Å². The van der Waals surface area contributed by atoms with Crippen molar-refractivity contribution >= 4 is 52.2 Å². The van der Waals surface area contributed by atoms with Gasteiger partial charge in [0, 0.05) is 17.5 Å². The maximum absolute atomic E-state index is 13.5. The van der Waals surface area contributed by atoms with Crippen LogP contribution in [0.25, 0.3) is 0 Å². The summed E-state index contributed by atoms with van der Waals surface area (Å²) in [6, 6.07) is 14.0. The molecule has 0 aliphatic rings. The number of methoxy groups -OCH3 is 2. The van der Waals surface area contributed by atoms with Crippen molar-refractivity contribution < 1.29 is 19.1 Å². The number of hydrogen-bond donors (Lipinski definition) is 1. The average molecular weight is 565 g/mol. The van der Waals surface area contributed by atoms with E-state index in [2.05, 4.69) is 5.32 Å². The fraction of sp³-hybridized carbons (Fsp3) is 0.333. The summed E-state index contributed by atoms with van der Waals surface area (Å²) in [5, 5.41) is 5.39. The molecular formula is C27H31Cl2N3O4S. The summed E-state index contributed by atoms with van der Waals surface area (Å²) < 4.78 is 10.7. The van der Waals surface area contributed by atoms with Crippen LogP contribution in [0.2, 0.25) is 10.0 Å². The Morgan fingerprint density at radius 3 is 2.30 bits per heavy atom. The lowest BCUT2D eigenvalue weighted by Crippen LogP contribution is -2.47. The third-order valence-corrected chi connectivity index (χ3v) is 7.27. The number of amides is 3. The van der Waals surface area contributed by atoms with Crippen LogP contribution in [0.15, 0.2) is 53.9 Å². The highest BCUT2D eigenvalue weighted by molar-refractivity contribution is 7.09. The second-order valence-electron chi connectivity index (χ2n) is 8.58. The fourth-order valence-corrected chi connectivity index (χ4v) is 4.92. The summed E-state index contributed by atoms with van der Waals surface area (Å²) in [6.45, 7) is 4.54. The largest absolute Gasteiger partial charge is 0.493 e. The molecule has 0 atom stereocenters. The van der Waals surface area contributed by atoms with Crippen molar-refractivity contribution in [2.45, 2.75) is 32.9 Å². The lowest BCUT2D eigenvalue weighted by molar-refractivity contribution is -0.132. The van der Waals surface area contributed by atoms with Gasteiger partial charge in [-0.1, -0.05) is 41.4 Å². The van der Waals surface area contributed by atoms with Crippen LogP contribution in [0.4, 0.5) is 10.5 Å². The van der Waals surface area contributed by atoms with E-state index >= 15 is 0 Å². The van der Waals surface area contributed by atoms with Crippen molar-refractivity contribution in [3.63, 3.8) is 0 Å². The molecule has 10 heteroatoms. The van der Waals surface area contributed by atoms with Gasteiger partial charge < -0.3 is 24.6 Å². The van der Waals surface area contributed by atoms with Crippen molar-refractivity contribution in [1.29, 1.82) is 0 Å². The Morgan fingerprint density at radius 1 is 1.00 bits per heavy atom. The third-order valence-electron chi connectivity index (χ3n) is 5.78. The second kappa shape index (κ2) is 13.6. The lowest BCUT2D eigenvalue weighted by Gasteiger charge is -2.30. The summed E-state index contributed by atoms with van der Waals surface area (Å²) in [6.07, 6.45) is 0.612. The first-order valence-corrected chi connectivity index (χ1v) is 13.4. The van der Waals surface area contributed by atoms with Gasteiger partial charge in [-0.05, 0) is 61.5 Å². The highest BCUT2D eigenvalue weighted by Gasteiger charge is 2.25. The van der Waals surface area contributed by atoms with Gasteiger partial charge >= 0.3 is 6.03 Å². The monoisotopic (exact) mass is 563 g/mol. The predicted octanol–water partition coefficient (Wildman–Crippen LogP) is 6.59. The highest BCUT2D eigenvalue weighted by Crippen LogP contribution is 2.30. The number of para-hydroxylation sites is 1. The van der Waals surface area contributed by atoms with E-state index in [1.54, 1.807) is 48.7 Å². The molecular weight excluding hydrogens is 533 g/mol. The number of ether oxygens (including phenoxy) is 2. The minimum Gasteiger partial charge on any atom is -0.493 e. The SMILES string of the molecule is COc1ccc(CCN(Cc2cccs2)C(=O)CN(C(=O)Nc2c(Cl)cccc2Cl)C(C)C)cc1OC. The zero-order chi connectivity index (χ0) is 26.9. The van der Waals surface area contributed by atoms with Crippen LogP contribution in [-0.4, -0.2) is 55.1 Å². The smallest absolute Gasteiger partial charge is 0.322 e. The number of thiophene rings is 1. The Labute approximate surface area is 231 Å². The van der Waals surface area contributed by atoms with E-state index in [9.17, 15) is 9.59 Å². The summed E-state index contributed by atoms with van der Waals surface area (Å²) >= 11 is 14.0. The Balaban J connectivity index is 1.76. The summed E-state index contributed by atoms with van der Waals surface area (Å²) in [7, 11) is 3.19. The normalized spacial score (nSPS) is 10.8. The fourth-order valence-electron chi connectivity index (χ4n) is 3.71. The van der Waals surface area contributed by atoms with E-state index in [4.69, 9.17) is 32.7 Å². The van der Waals surface area contributed by atoms with E-state index in [0.717, 1.165) is 10.4 Å². The van der Waals surface area contributed by atoms with Gasteiger partial charge in [-0.15, -0.1) is 11.3 Å². The predicted molar refractivity (Wildman–Crippen MR) is 150 cm³/mol. The van der Waals surface area contributed by atoms with E-state index in [-0.39, 0.29) is 18.5 Å². The molecule has 7 nitrogen and oxygen atoms in total. The van der Waals surface area contributed by atoms with Crippen LogP contribution >= 0.6 is 34.5 Å². The number of urea groups is 1. The molecule has 1 heterocycles. The number of nitrogens with zero attached hydrogens (tertiary/aromatic N) is 2. The van der Waals surface area contributed by atoms with Crippen LogP contribution in [-0.2, 0) is 17.8 Å². The summed E-state index contributed by atoms with van der Waals surface area (Å²) in [5.41, 5.74) is 1.33. The molecule has 0 bridgehead atoms. The number of anilines is 1. The van der Waals surface area contributed by atoms with Gasteiger partial charge in [0.05, 0.1) is 36.5 Å². The molecule has 3 amide bonds. The molecule has 0 saturated carbocycles. The van der Waals surface area contributed by atoms with Crippen LogP contribution in [0.5, 0.6) is 11.5 Å². The molecule has 2 aromatic carbocycles. The van der Waals surface area contributed by atoms with Crippen molar-refractivity contribution in [2.24, 2.45) is 0 Å². The molecule has 0 fully saturated rings. The minimum absolute atomic E-state index is 0.0944. The number of benzene rings is 2. The molecule has 37 heavy (non-hydrogen) atoms. The molecule has 3 aromatic rings. The van der Waals surface area contributed by atoms with E-state index in [1.165, 1.54) is 4.90 Å². The molecule has 0 saturated heterocycles. The maximum Gasteiger partial charge on any atom is 0.322 e. The molecule has 3 rings (SSSR count). The number of hydrogen-bond acceptors (Lipinski definition) is 5. The van der Waals surface area contributed by atoms with Crippen LogP contribution in [0, 0.1) is 0 Å². The Kier molecular flexibility index (Phi) is 10.5. The molecule has 1 N–H and O–H groups in total. The first kappa shape index (κ1) is 28.6. The number of nitrogens with one attached hydrogen (secondary N) is 1. The first-order chi connectivity index (χ1) is 17.7. The number of carbonyl (C=O) groups excluding carboxylic acids is 2. The summed E-state index contributed by atoms with van der Waals surface area (Å²) in [4.78, 5) is 31.0. The molecule has 1 aromatic heterocycles. The Morgan fingerprint density at radius 2 is 1.70 bits per heavy atom. The lowest BCUT2D eigenvalue weighted by atomic mass is 10.1. The van der Waals surface area contributed by atoms with Gasteiger partial charge in [-0.3, -0.25) is 4.79 Å². The van der Waals surface area contributed by atoms with Crippen LogP contribution < -0.4 is 14.8 Å². The first-order valence-electron chi connectivity index (χ1n) is 11.8. The Bertz CT molecular complexity index is 1180. The standard InChI is InChI=1S/C27H31Cl2N3O4S/c1-18(2)32(27(34)30-26-21(28)8-5-9-22(26)29)17-25(33)31(16-20-7-6-14-37-20)13-12-19-10-11-23(35-3)24(15-19)36-4/h5-11,14-15,18H,12-13,16-17H2,1-4H3,(H,30,34). The molecule has 0 radical (unpaired) electrons. The number of rotatable bonds is 11. The van der Waals surface area contributed by atoms with Gasteiger partial charge in [0.2, 0.25) is 5.91 Å². The van der Waals surface area contributed by atoms with E-state index < -0.39 is 6.03 Å². The van der Waals surface area contributed by atoms with Crippen molar-refractivity contribution in [2.75, 3.05) is 32.6 Å². The zero-order valence-corrected chi connectivity index (χ0v) is 23.6. The average Bonchev–Trinajstić information content (AvgIpc) is 3.39. The van der Waals surface area contributed by atoms with Gasteiger partial charge in [0.15, 0.2) is 11.5 Å². The zero-order valence-electron chi connectivity index (χ0n) is 21.3. The molecule has 0 unspecified atom stereocenters. The highest BCUT2D eigenvalue weighted by atomic mass is 35.5. The van der Waals surface area contributed by atoms with Crippen molar-refractivity contribution in [3.8, 4) is 11.5 Å². The minimum atomic E-state index is -0.450. The molecule has 0 aliphatic heterocycles. The molecule has 198 valence electrons. The number of carbonyl (C=O) groups is 2. The maximum atomic E-state index is 13.5. The second-order valence-corrected chi connectivity index (χ2v) is 10.4. The third kappa shape index (κ3) is 7.77. The van der Waals surface area contributed by atoms with Gasteiger partial charge in [0.1, 0.15) is 6.54 Å². The van der Waals surface area contributed by atoms with Crippen molar-refractivity contribution in [1.82, 2.24) is 9.80 Å². The van der Waals surface area contributed by atoms with Gasteiger partial charge in [0.25, 0.3) is 0 Å². The Hall–Kier alpha value is -2.94. The molecule has 0 aliphatic carbocycles. The van der Waals surface area contributed by atoms with Gasteiger partial charge in [-0.25, -0.2) is 4.79 Å². The quantitative estimate of drug-likeness (QED) is 0.286. The van der Waals surface area contributed by atoms with E-state index in [0.29, 0.717) is 46.7 Å². The van der Waals surface area contributed by atoms with Crippen LogP contribution in [0.1, 0.15) is 24.3 Å².